The first-order valence-electron chi connectivity index (χ1n) is 17.2. The van der Waals surface area contributed by atoms with Crippen molar-refractivity contribution in [1.82, 2.24) is 5.32 Å². The Labute approximate surface area is 256 Å². The van der Waals surface area contributed by atoms with Gasteiger partial charge in [0.05, 0.1) is 13.2 Å². The van der Waals surface area contributed by atoms with Crippen LogP contribution in [0.3, 0.4) is 0 Å². The van der Waals surface area contributed by atoms with Crippen molar-refractivity contribution in [3.8, 4) is 0 Å². The zero-order valence-electron chi connectivity index (χ0n) is 27.1. The van der Waals surface area contributed by atoms with Gasteiger partial charge in [-0.25, -0.2) is 4.79 Å². The van der Waals surface area contributed by atoms with Crippen LogP contribution in [0, 0.1) is 0 Å². The van der Waals surface area contributed by atoms with E-state index in [1.54, 1.807) is 0 Å². The summed E-state index contributed by atoms with van der Waals surface area (Å²) in [4.78, 5) is 48.0. The molecule has 0 fully saturated rings. The van der Waals surface area contributed by atoms with Crippen molar-refractivity contribution in [2.75, 3.05) is 13.2 Å². The lowest BCUT2D eigenvalue weighted by Crippen LogP contribution is -2.42. The number of hydrogen-bond donors (Lipinski definition) is 2. The van der Waals surface area contributed by atoms with Gasteiger partial charge in [0.25, 0.3) is 0 Å². The highest BCUT2D eigenvalue weighted by Crippen LogP contribution is 2.12. The maximum absolute atomic E-state index is 12.7. The Hall–Kier alpha value is -2.12. The Kier molecular flexibility index (Phi) is 28.8. The van der Waals surface area contributed by atoms with Gasteiger partial charge in [-0.05, 0) is 25.7 Å². The fourth-order valence-corrected chi connectivity index (χ4v) is 4.89. The number of ether oxygens (including phenoxy) is 2. The molecule has 8 nitrogen and oxygen atoms in total. The minimum Gasteiger partial charge on any atom is -0.481 e. The number of hydrogen-bond acceptors (Lipinski definition) is 6. The first-order valence-corrected chi connectivity index (χ1v) is 17.2. The number of carbonyl (C=O) groups excluding carboxylic acids is 3. The van der Waals surface area contributed by atoms with E-state index in [0.29, 0.717) is 6.61 Å². The third-order valence-electron chi connectivity index (χ3n) is 7.55. The van der Waals surface area contributed by atoms with Crippen LogP contribution in [0.1, 0.15) is 174 Å². The number of aliphatic carboxylic acids is 1. The monoisotopic (exact) mass is 597 g/mol. The highest BCUT2D eigenvalue weighted by Gasteiger charge is 2.23. The molecule has 1 amide bonds. The van der Waals surface area contributed by atoms with Gasteiger partial charge in [-0.1, -0.05) is 129 Å². The second kappa shape index (κ2) is 30.3. The van der Waals surface area contributed by atoms with Crippen LogP contribution in [0.15, 0.2) is 0 Å². The summed E-state index contributed by atoms with van der Waals surface area (Å²) >= 11 is 0. The SMILES string of the molecule is CCCCCCCCCCCCOC(=O)CC[C@H](NC(=O)CCCC(=O)O)C(=O)OCCCCCCCCCCCC. The lowest BCUT2D eigenvalue weighted by molar-refractivity contribution is -0.149. The van der Waals surface area contributed by atoms with E-state index in [4.69, 9.17) is 14.6 Å². The van der Waals surface area contributed by atoms with Crippen molar-refractivity contribution in [3.05, 3.63) is 0 Å². The minimum absolute atomic E-state index is 0.00227. The topological polar surface area (TPSA) is 119 Å². The number of carbonyl (C=O) groups is 4. The van der Waals surface area contributed by atoms with E-state index in [1.807, 2.05) is 0 Å². The summed E-state index contributed by atoms with van der Waals surface area (Å²) in [5.74, 6) is -2.34. The molecule has 1 atom stereocenters. The van der Waals surface area contributed by atoms with Gasteiger partial charge in [-0.2, -0.15) is 0 Å². The average Bonchev–Trinajstić information content (AvgIpc) is 2.96. The second-order valence-corrected chi connectivity index (χ2v) is 11.7. The summed E-state index contributed by atoms with van der Waals surface area (Å²) in [6.07, 6.45) is 24.0. The second-order valence-electron chi connectivity index (χ2n) is 11.7. The Balaban J connectivity index is 4.25. The van der Waals surface area contributed by atoms with Crippen LogP contribution in [-0.4, -0.2) is 48.2 Å². The fourth-order valence-electron chi connectivity index (χ4n) is 4.89. The van der Waals surface area contributed by atoms with Crippen molar-refractivity contribution >= 4 is 23.8 Å². The summed E-state index contributed by atoms with van der Waals surface area (Å²) in [6.45, 7) is 5.10. The van der Waals surface area contributed by atoms with E-state index in [-0.39, 0.29) is 38.7 Å². The molecule has 0 bridgehead atoms. The zero-order chi connectivity index (χ0) is 31.1. The van der Waals surface area contributed by atoms with Crippen LogP contribution >= 0.6 is 0 Å². The van der Waals surface area contributed by atoms with E-state index in [0.717, 1.165) is 38.5 Å². The number of unbranched alkanes of at least 4 members (excludes halogenated alkanes) is 18. The van der Waals surface area contributed by atoms with Crippen LogP contribution in [0.5, 0.6) is 0 Å². The Morgan fingerprint density at radius 1 is 0.548 bits per heavy atom. The highest BCUT2D eigenvalue weighted by atomic mass is 16.5. The molecule has 0 aliphatic rings. The molecule has 42 heavy (non-hydrogen) atoms. The molecule has 0 saturated heterocycles. The van der Waals surface area contributed by atoms with Crippen molar-refractivity contribution in [2.45, 2.75) is 180 Å². The molecule has 0 unspecified atom stereocenters. The first-order chi connectivity index (χ1) is 20.4. The summed E-state index contributed by atoms with van der Waals surface area (Å²) in [5.41, 5.74) is 0. The maximum Gasteiger partial charge on any atom is 0.328 e. The van der Waals surface area contributed by atoms with Gasteiger partial charge >= 0.3 is 17.9 Å². The molecule has 0 saturated carbocycles. The molecule has 0 spiro atoms. The van der Waals surface area contributed by atoms with E-state index < -0.39 is 29.9 Å². The van der Waals surface area contributed by atoms with E-state index in [1.165, 1.54) is 89.9 Å². The Morgan fingerprint density at radius 2 is 0.976 bits per heavy atom. The van der Waals surface area contributed by atoms with Crippen molar-refractivity contribution < 1.29 is 33.8 Å². The van der Waals surface area contributed by atoms with Crippen LogP contribution in [0.4, 0.5) is 0 Å². The Morgan fingerprint density at radius 3 is 1.43 bits per heavy atom. The summed E-state index contributed by atoms with van der Waals surface area (Å²) in [7, 11) is 0. The number of carboxylic acid groups (broad SMARTS) is 1. The number of amides is 1. The van der Waals surface area contributed by atoms with Crippen LogP contribution in [0.25, 0.3) is 0 Å². The molecular formula is C34H63NO7. The number of esters is 2. The minimum atomic E-state index is -0.972. The third kappa shape index (κ3) is 28.0. The first kappa shape index (κ1) is 39.9. The molecule has 0 radical (unpaired) electrons. The van der Waals surface area contributed by atoms with Gasteiger partial charge in [0.1, 0.15) is 6.04 Å². The largest absolute Gasteiger partial charge is 0.481 e. The van der Waals surface area contributed by atoms with Crippen LogP contribution < -0.4 is 5.32 Å². The summed E-state index contributed by atoms with van der Waals surface area (Å²) in [6, 6.07) is -0.949. The molecule has 0 aromatic heterocycles. The predicted octanol–water partition coefficient (Wildman–Crippen LogP) is 8.43. The Bertz CT molecular complexity index is 683. The average molecular weight is 598 g/mol. The predicted molar refractivity (Wildman–Crippen MR) is 168 cm³/mol. The van der Waals surface area contributed by atoms with Crippen molar-refractivity contribution in [1.29, 1.82) is 0 Å². The third-order valence-corrected chi connectivity index (χ3v) is 7.55. The van der Waals surface area contributed by atoms with Gasteiger partial charge in [0, 0.05) is 19.3 Å². The molecule has 0 aromatic carbocycles. The molecule has 0 aromatic rings. The fraction of sp³-hybridized carbons (Fsp3) is 0.882. The maximum atomic E-state index is 12.7. The van der Waals surface area contributed by atoms with Crippen LogP contribution in [-0.2, 0) is 28.7 Å². The van der Waals surface area contributed by atoms with Gasteiger partial charge < -0.3 is 19.9 Å². The van der Waals surface area contributed by atoms with Gasteiger partial charge in [0.2, 0.25) is 5.91 Å². The molecule has 0 rings (SSSR count). The molecule has 2 N–H and O–H groups in total. The summed E-state index contributed by atoms with van der Waals surface area (Å²) < 4.78 is 10.8. The van der Waals surface area contributed by atoms with Gasteiger partial charge in [-0.15, -0.1) is 0 Å². The van der Waals surface area contributed by atoms with Gasteiger partial charge in [0.15, 0.2) is 0 Å². The number of rotatable bonds is 31. The van der Waals surface area contributed by atoms with Crippen molar-refractivity contribution in [2.24, 2.45) is 0 Å². The number of nitrogens with one attached hydrogen (secondary N) is 1. The number of carboxylic acids is 1. The normalized spacial score (nSPS) is 11.7. The highest BCUT2D eigenvalue weighted by molar-refractivity contribution is 5.85. The van der Waals surface area contributed by atoms with Gasteiger partial charge in [-0.3, -0.25) is 14.4 Å². The molecule has 246 valence electrons. The van der Waals surface area contributed by atoms with E-state index in [9.17, 15) is 19.2 Å². The summed E-state index contributed by atoms with van der Waals surface area (Å²) in [5, 5.41) is 11.4. The molecule has 0 aliphatic carbocycles. The lowest BCUT2D eigenvalue weighted by atomic mass is 10.1. The molecule has 0 aliphatic heterocycles. The molecular weight excluding hydrogens is 534 g/mol. The smallest absolute Gasteiger partial charge is 0.328 e. The lowest BCUT2D eigenvalue weighted by Gasteiger charge is -2.17. The quantitative estimate of drug-likeness (QED) is 0.0608. The van der Waals surface area contributed by atoms with Crippen LogP contribution in [0.2, 0.25) is 0 Å². The molecule has 8 heteroatoms. The van der Waals surface area contributed by atoms with E-state index in [2.05, 4.69) is 19.2 Å². The van der Waals surface area contributed by atoms with Crippen molar-refractivity contribution in [3.63, 3.8) is 0 Å². The molecule has 0 heterocycles. The zero-order valence-corrected chi connectivity index (χ0v) is 27.1. The standard InChI is InChI=1S/C34H63NO7/c1-3-5-7-9-11-13-15-17-19-21-28-41-33(39)27-26-30(35-31(36)24-23-25-32(37)38)34(40)42-29-22-20-18-16-14-12-10-8-6-4-2/h30H,3-29H2,1-2H3,(H,35,36)(H,37,38)/t30-/m0/s1. The van der Waals surface area contributed by atoms with E-state index >= 15 is 0 Å².